The smallest absolute Gasteiger partial charge is 0.263 e. The molecule has 0 unspecified atom stereocenters. The molecule has 1 aromatic carbocycles. The van der Waals surface area contributed by atoms with E-state index in [2.05, 4.69) is 10.0 Å². The lowest BCUT2D eigenvalue weighted by Gasteiger charge is -2.25. The fraction of sp³-hybridized carbons (Fsp3) is 0.462. The van der Waals surface area contributed by atoms with Gasteiger partial charge in [0.15, 0.2) is 5.60 Å². The van der Waals surface area contributed by atoms with E-state index in [4.69, 9.17) is 4.74 Å². The molecular formula is C13H19FN2O4S. The Balaban J connectivity index is 2.49. The fourth-order valence-corrected chi connectivity index (χ4v) is 1.94. The number of amides is 1. The molecule has 0 heterocycles. The van der Waals surface area contributed by atoms with Gasteiger partial charge in [-0.2, -0.15) is 0 Å². The van der Waals surface area contributed by atoms with Crippen LogP contribution >= 0.6 is 0 Å². The van der Waals surface area contributed by atoms with Crippen LogP contribution in [0.15, 0.2) is 24.3 Å². The van der Waals surface area contributed by atoms with Crippen molar-refractivity contribution in [2.24, 2.45) is 0 Å². The Bertz CT molecular complexity index is 585. The second kappa shape index (κ2) is 6.86. The summed E-state index contributed by atoms with van der Waals surface area (Å²) in [7, 11) is -3.28. The molecule has 0 radical (unpaired) electrons. The summed E-state index contributed by atoms with van der Waals surface area (Å²) in [6.45, 7) is 3.37. The van der Waals surface area contributed by atoms with Crippen molar-refractivity contribution < 1.29 is 22.3 Å². The van der Waals surface area contributed by atoms with Crippen molar-refractivity contribution in [3.05, 3.63) is 30.1 Å². The van der Waals surface area contributed by atoms with Gasteiger partial charge in [0.05, 0.1) is 6.26 Å². The Morgan fingerprint density at radius 2 is 1.81 bits per heavy atom. The Labute approximate surface area is 123 Å². The van der Waals surface area contributed by atoms with E-state index in [1.54, 1.807) is 13.8 Å². The van der Waals surface area contributed by atoms with Gasteiger partial charge >= 0.3 is 0 Å². The van der Waals surface area contributed by atoms with Gasteiger partial charge < -0.3 is 10.1 Å². The maximum Gasteiger partial charge on any atom is 0.263 e. The van der Waals surface area contributed by atoms with Crippen LogP contribution in [0.2, 0.25) is 0 Å². The summed E-state index contributed by atoms with van der Waals surface area (Å²) in [5.74, 6) is -0.426. The molecule has 118 valence electrons. The van der Waals surface area contributed by atoms with Crippen molar-refractivity contribution in [3.8, 4) is 5.75 Å². The summed E-state index contributed by atoms with van der Waals surface area (Å²) in [6.07, 6.45) is 1.04. The standard InChI is InChI=1S/C13H19FN2O4S/c1-13(2,20-11-6-4-10(14)5-7-11)12(17)15-8-9-16-21(3,18)19/h4-7,16H,8-9H2,1-3H3,(H,15,17). The van der Waals surface area contributed by atoms with E-state index in [1.807, 2.05) is 0 Å². The average molecular weight is 318 g/mol. The van der Waals surface area contributed by atoms with Crippen LogP contribution in [-0.2, 0) is 14.8 Å². The maximum absolute atomic E-state index is 12.8. The third-order valence-electron chi connectivity index (χ3n) is 2.51. The summed E-state index contributed by atoms with van der Waals surface area (Å²) >= 11 is 0. The SMILES string of the molecule is CC(C)(Oc1ccc(F)cc1)C(=O)NCCNS(C)(=O)=O. The van der Waals surface area contributed by atoms with Gasteiger partial charge in [0.2, 0.25) is 10.0 Å². The fourth-order valence-electron chi connectivity index (χ4n) is 1.47. The molecule has 1 aromatic rings. The highest BCUT2D eigenvalue weighted by molar-refractivity contribution is 7.88. The predicted octanol–water partition coefficient (Wildman–Crippen LogP) is 0.648. The van der Waals surface area contributed by atoms with Gasteiger partial charge in [-0.15, -0.1) is 0 Å². The molecule has 6 nitrogen and oxygen atoms in total. The summed E-state index contributed by atoms with van der Waals surface area (Å²) in [5.41, 5.74) is -1.16. The normalized spacial score (nSPS) is 12.0. The van der Waals surface area contributed by atoms with Gasteiger partial charge in [0.25, 0.3) is 5.91 Å². The predicted molar refractivity (Wildman–Crippen MR) is 77.0 cm³/mol. The molecule has 0 saturated carbocycles. The topological polar surface area (TPSA) is 84.5 Å². The zero-order valence-electron chi connectivity index (χ0n) is 12.1. The van der Waals surface area contributed by atoms with E-state index >= 15 is 0 Å². The van der Waals surface area contributed by atoms with E-state index in [-0.39, 0.29) is 13.1 Å². The van der Waals surface area contributed by atoms with Crippen molar-refractivity contribution in [1.29, 1.82) is 0 Å². The molecule has 0 aliphatic heterocycles. The zero-order valence-corrected chi connectivity index (χ0v) is 13.0. The number of rotatable bonds is 7. The van der Waals surface area contributed by atoms with Crippen LogP contribution in [0.25, 0.3) is 0 Å². The van der Waals surface area contributed by atoms with E-state index in [9.17, 15) is 17.6 Å². The number of carbonyl (C=O) groups excluding carboxylic acids is 1. The molecule has 0 atom stereocenters. The first-order valence-corrected chi connectivity index (χ1v) is 8.17. The Morgan fingerprint density at radius 3 is 2.33 bits per heavy atom. The Morgan fingerprint density at radius 1 is 1.24 bits per heavy atom. The summed E-state index contributed by atoms with van der Waals surface area (Å²) in [6, 6.07) is 5.32. The van der Waals surface area contributed by atoms with Gasteiger partial charge in [-0.1, -0.05) is 0 Å². The van der Waals surface area contributed by atoms with Gasteiger partial charge in [-0.05, 0) is 38.1 Å². The third-order valence-corrected chi connectivity index (χ3v) is 3.24. The Kier molecular flexibility index (Phi) is 5.68. The third kappa shape index (κ3) is 6.54. The highest BCUT2D eigenvalue weighted by Crippen LogP contribution is 2.18. The highest BCUT2D eigenvalue weighted by atomic mass is 32.2. The number of carbonyl (C=O) groups is 1. The molecule has 0 bridgehead atoms. The lowest BCUT2D eigenvalue weighted by atomic mass is 10.1. The largest absolute Gasteiger partial charge is 0.478 e. The van der Waals surface area contributed by atoms with Crippen molar-refractivity contribution in [2.75, 3.05) is 19.3 Å². The van der Waals surface area contributed by atoms with Crippen LogP contribution in [0.3, 0.4) is 0 Å². The minimum atomic E-state index is -3.28. The number of nitrogens with one attached hydrogen (secondary N) is 2. The molecule has 8 heteroatoms. The van der Waals surface area contributed by atoms with Crippen molar-refractivity contribution >= 4 is 15.9 Å². The molecule has 0 fully saturated rings. The van der Waals surface area contributed by atoms with Crippen LogP contribution in [0.4, 0.5) is 4.39 Å². The monoisotopic (exact) mass is 318 g/mol. The molecule has 0 saturated heterocycles. The second-order valence-electron chi connectivity index (χ2n) is 4.99. The van der Waals surface area contributed by atoms with Gasteiger partial charge in [0, 0.05) is 13.1 Å². The average Bonchev–Trinajstić information content (AvgIpc) is 2.35. The highest BCUT2D eigenvalue weighted by Gasteiger charge is 2.29. The number of ether oxygens (including phenoxy) is 1. The first-order chi connectivity index (χ1) is 9.60. The number of benzene rings is 1. The molecule has 0 aliphatic rings. The molecule has 0 spiro atoms. The quantitative estimate of drug-likeness (QED) is 0.723. The molecule has 2 N–H and O–H groups in total. The first kappa shape index (κ1) is 17.4. The number of halogens is 1. The van der Waals surface area contributed by atoms with Crippen LogP contribution in [0, 0.1) is 5.82 Å². The minimum absolute atomic E-state index is 0.0944. The summed E-state index contributed by atoms with van der Waals surface area (Å²) in [5, 5.41) is 2.56. The first-order valence-electron chi connectivity index (χ1n) is 6.28. The van der Waals surface area contributed by atoms with Gasteiger partial charge in [0.1, 0.15) is 11.6 Å². The number of hydrogen-bond acceptors (Lipinski definition) is 4. The summed E-state index contributed by atoms with van der Waals surface area (Å²) < 4.78 is 42.3. The van der Waals surface area contributed by atoms with E-state index in [0.717, 1.165) is 6.26 Å². The maximum atomic E-state index is 12.8. The van der Waals surface area contributed by atoms with Crippen molar-refractivity contribution in [3.63, 3.8) is 0 Å². The summed E-state index contributed by atoms with van der Waals surface area (Å²) in [4.78, 5) is 12.0. The lowest BCUT2D eigenvalue weighted by molar-refractivity contribution is -0.134. The molecule has 1 amide bonds. The molecule has 1 rings (SSSR count). The zero-order chi connectivity index (χ0) is 16.1. The van der Waals surface area contributed by atoms with Crippen molar-refractivity contribution in [2.45, 2.75) is 19.4 Å². The van der Waals surface area contributed by atoms with E-state index in [1.165, 1.54) is 24.3 Å². The molecule has 0 aliphatic carbocycles. The lowest BCUT2D eigenvalue weighted by Crippen LogP contribution is -2.48. The number of sulfonamides is 1. The van der Waals surface area contributed by atoms with Crippen LogP contribution in [0.5, 0.6) is 5.75 Å². The van der Waals surface area contributed by atoms with Crippen molar-refractivity contribution in [1.82, 2.24) is 10.0 Å². The van der Waals surface area contributed by atoms with Gasteiger partial charge in [-0.3, -0.25) is 4.79 Å². The van der Waals surface area contributed by atoms with Crippen LogP contribution in [0.1, 0.15) is 13.8 Å². The van der Waals surface area contributed by atoms with E-state index < -0.39 is 27.3 Å². The number of hydrogen-bond donors (Lipinski definition) is 2. The molecular weight excluding hydrogens is 299 g/mol. The van der Waals surface area contributed by atoms with E-state index in [0.29, 0.717) is 5.75 Å². The second-order valence-corrected chi connectivity index (χ2v) is 6.82. The minimum Gasteiger partial charge on any atom is -0.478 e. The van der Waals surface area contributed by atoms with Crippen LogP contribution in [-0.4, -0.2) is 39.3 Å². The molecule has 0 aromatic heterocycles. The Hall–Kier alpha value is -1.67. The van der Waals surface area contributed by atoms with Gasteiger partial charge in [-0.25, -0.2) is 17.5 Å². The van der Waals surface area contributed by atoms with Crippen LogP contribution < -0.4 is 14.8 Å². The molecule has 21 heavy (non-hydrogen) atoms.